The van der Waals surface area contributed by atoms with E-state index in [1.165, 1.54) is 12.1 Å². The van der Waals surface area contributed by atoms with Crippen LogP contribution in [0.1, 0.15) is 28.8 Å². The number of carbonyl (C=O) groups is 1. The lowest BCUT2D eigenvalue weighted by atomic mass is 10.1. The summed E-state index contributed by atoms with van der Waals surface area (Å²) in [7, 11) is 0. The molecule has 19 heavy (non-hydrogen) atoms. The molecule has 6 heteroatoms. The number of amides is 1. The van der Waals surface area contributed by atoms with Crippen LogP contribution in [-0.4, -0.2) is 25.0 Å². The normalized spacial score (nSPS) is 15.3. The molecule has 0 aromatic heterocycles. The van der Waals surface area contributed by atoms with Gasteiger partial charge in [-0.05, 0) is 31.0 Å². The largest absolute Gasteiger partial charge is 0.416 e. The number of alkyl halides is 3. The van der Waals surface area contributed by atoms with Gasteiger partial charge in [0, 0.05) is 24.7 Å². The van der Waals surface area contributed by atoms with Gasteiger partial charge in [0.15, 0.2) is 0 Å². The highest BCUT2D eigenvalue weighted by atomic mass is 19.4. The van der Waals surface area contributed by atoms with Gasteiger partial charge in [0.2, 0.25) is 0 Å². The SMILES string of the molecule is O=C(NCCNC1CC1)c1cccc(C(F)(F)F)c1. The molecular weight excluding hydrogens is 257 g/mol. The molecule has 1 aliphatic carbocycles. The lowest BCUT2D eigenvalue weighted by Gasteiger charge is -2.09. The van der Waals surface area contributed by atoms with Crippen LogP contribution in [0, 0.1) is 0 Å². The maximum atomic E-state index is 12.5. The Morgan fingerprint density at radius 3 is 2.63 bits per heavy atom. The first-order chi connectivity index (χ1) is 8.97. The monoisotopic (exact) mass is 272 g/mol. The average Bonchev–Trinajstić information content (AvgIpc) is 3.17. The zero-order chi connectivity index (χ0) is 13.9. The van der Waals surface area contributed by atoms with E-state index < -0.39 is 17.6 Å². The highest BCUT2D eigenvalue weighted by Crippen LogP contribution is 2.29. The fourth-order valence-electron chi connectivity index (χ4n) is 1.68. The topological polar surface area (TPSA) is 41.1 Å². The molecule has 0 saturated heterocycles. The van der Waals surface area contributed by atoms with Crippen LogP contribution in [0.3, 0.4) is 0 Å². The number of halogens is 3. The van der Waals surface area contributed by atoms with Crippen LogP contribution < -0.4 is 10.6 Å². The summed E-state index contributed by atoms with van der Waals surface area (Å²) in [6.07, 6.45) is -2.12. The van der Waals surface area contributed by atoms with Crippen LogP contribution in [0.25, 0.3) is 0 Å². The smallest absolute Gasteiger partial charge is 0.351 e. The number of carbonyl (C=O) groups excluding carboxylic acids is 1. The van der Waals surface area contributed by atoms with Gasteiger partial charge in [0.25, 0.3) is 5.91 Å². The number of rotatable bonds is 5. The van der Waals surface area contributed by atoms with Crippen LogP contribution in [0.2, 0.25) is 0 Å². The molecule has 0 aliphatic heterocycles. The minimum atomic E-state index is -4.43. The Kier molecular flexibility index (Phi) is 4.09. The Hall–Kier alpha value is -1.56. The minimum Gasteiger partial charge on any atom is -0.351 e. The predicted molar refractivity (Wildman–Crippen MR) is 64.8 cm³/mol. The molecule has 2 N–H and O–H groups in total. The maximum Gasteiger partial charge on any atom is 0.416 e. The van der Waals surface area contributed by atoms with Gasteiger partial charge < -0.3 is 10.6 Å². The van der Waals surface area contributed by atoms with Crippen LogP contribution >= 0.6 is 0 Å². The summed E-state index contributed by atoms with van der Waals surface area (Å²) in [4.78, 5) is 11.7. The summed E-state index contributed by atoms with van der Waals surface area (Å²) in [5.41, 5.74) is -0.780. The van der Waals surface area contributed by atoms with Crippen molar-refractivity contribution in [3.05, 3.63) is 35.4 Å². The van der Waals surface area contributed by atoms with E-state index in [0.717, 1.165) is 25.0 Å². The first kappa shape index (κ1) is 13.9. The molecule has 2 rings (SSSR count). The van der Waals surface area contributed by atoms with Crippen molar-refractivity contribution in [3.63, 3.8) is 0 Å². The quantitative estimate of drug-likeness (QED) is 0.807. The molecule has 3 nitrogen and oxygen atoms in total. The molecule has 1 aromatic rings. The van der Waals surface area contributed by atoms with Crippen molar-refractivity contribution in [1.82, 2.24) is 10.6 Å². The third-order valence-corrected chi connectivity index (χ3v) is 2.87. The lowest BCUT2D eigenvalue weighted by Crippen LogP contribution is -2.32. The molecule has 1 saturated carbocycles. The molecule has 1 aliphatic rings. The zero-order valence-electron chi connectivity index (χ0n) is 10.3. The third kappa shape index (κ3) is 4.24. The first-order valence-electron chi connectivity index (χ1n) is 6.15. The molecule has 1 fully saturated rings. The molecule has 0 bridgehead atoms. The predicted octanol–water partition coefficient (Wildman–Crippen LogP) is 2.19. The lowest BCUT2D eigenvalue weighted by molar-refractivity contribution is -0.137. The summed E-state index contributed by atoms with van der Waals surface area (Å²) in [5, 5.41) is 5.80. The van der Waals surface area contributed by atoms with E-state index in [1.54, 1.807) is 0 Å². The fourth-order valence-corrected chi connectivity index (χ4v) is 1.68. The van der Waals surface area contributed by atoms with Gasteiger partial charge in [-0.15, -0.1) is 0 Å². The van der Waals surface area contributed by atoms with E-state index in [4.69, 9.17) is 0 Å². The number of hydrogen-bond acceptors (Lipinski definition) is 2. The second kappa shape index (κ2) is 5.61. The maximum absolute atomic E-state index is 12.5. The second-order valence-electron chi connectivity index (χ2n) is 4.56. The summed E-state index contributed by atoms with van der Waals surface area (Å²) >= 11 is 0. The zero-order valence-corrected chi connectivity index (χ0v) is 10.3. The summed E-state index contributed by atoms with van der Waals surface area (Å²) in [5.74, 6) is -0.483. The van der Waals surface area contributed by atoms with Crippen LogP contribution in [0.5, 0.6) is 0 Å². The van der Waals surface area contributed by atoms with Crippen molar-refractivity contribution in [3.8, 4) is 0 Å². The van der Waals surface area contributed by atoms with Crippen LogP contribution in [0.15, 0.2) is 24.3 Å². The molecule has 0 heterocycles. The standard InChI is InChI=1S/C13H15F3N2O/c14-13(15,16)10-3-1-2-9(8-10)12(19)18-7-6-17-11-4-5-11/h1-3,8,11,17H,4-7H2,(H,18,19). The molecule has 1 amide bonds. The fraction of sp³-hybridized carbons (Fsp3) is 0.462. The van der Waals surface area contributed by atoms with Gasteiger partial charge in [-0.3, -0.25) is 4.79 Å². The molecule has 0 atom stereocenters. The first-order valence-corrected chi connectivity index (χ1v) is 6.15. The highest BCUT2D eigenvalue weighted by Gasteiger charge is 2.30. The number of hydrogen-bond donors (Lipinski definition) is 2. The Bertz CT molecular complexity index is 455. The van der Waals surface area contributed by atoms with Crippen molar-refractivity contribution >= 4 is 5.91 Å². The van der Waals surface area contributed by atoms with E-state index in [1.807, 2.05) is 0 Å². The molecule has 0 unspecified atom stereocenters. The molecule has 1 aromatic carbocycles. The molecule has 0 spiro atoms. The van der Waals surface area contributed by atoms with Gasteiger partial charge >= 0.3 is 6.18 Å². The van der Waals surface area contributed by atoms with E-state index in [9.17, 15) is 18.0 Å². The summed E-state index contributed by atoms with van der Waals surface area (Å²) in [6.45, 7) is 1.04. The van der Waals surface area contributed by atoms with Crippen LogP contribution in [-0.2, 0) is 6.18 Å². The van der Waals surface area contributed by atoms with E-state index >= 15 is 0 Å². The second-order valence-corrected chi connectivity index (χ2v) is 4.56. The van der Waals surface area contributed by atoms with Crippen molar-refractivity contribution in [2.75, 3.05) is 13.1 Å². The van der Waals surface area contributed by atoms with Crippen molar-refractivity contribution in [2.45, 2.75) is 25.1 Å². The molecular formula is C13H15F3N2O. The Labute approximate surface area is 109 Å². The van der Waals surface area contributed by atoms with Gasteiger partial charge in [0.05, 0.1) is 5.56 Å². The van der Waals surface area contributed by atoms with Crippen molar-refractivity contribution in [2.24, 2.45) is 0 Å². The summed E-state index contributed by atoms with van der Waals surface area (Å²) < 4.78 is 37.5. The molecule has 0 radical (unpaired) electrons. The highest BCUT2D eigenvalue weighted by molar-refractivity contribution is 5.94. The van der Waals surface area contributed by atoms with Gasteiger partial charge in [-0.25, -0.2) is 0 Å². The number of benzene rings is 1. The third-order valence-electron chi connectivity index (χ3n) is 2.87. The van der Waals surface area contributed by atoms with Crippen molar-refractivity contribution in [1.29, 1.82) is 0 Å². The Morgan fingerprint density at radius 2 is 2.00 bits per heavy atom. The van der Waals surface area contributed by atoms with E-state index in [0.29, 0.717) is 19.1 Å². The number of nitrogens with one attached hydrogen (secondary N) is 2. The Morgan fingerprint density at radius 1 is 1.26 bits per heavy atom. The van der Waals surface area contributed by atoms with E-state index in [-0.39, 0.29) is 5.56 Å². The van der Waals surface area contributed by atoms with Crippen molar-refractivity contribution < 1.29 is 18.0 Å². The Balaban J connectivity index is 1.87. The average molecular weight is 272 g/mol. The summed E-state index contributed by atoms with van der Waals surface area (Å²) in [6, 6.07) is 4.97. The van der Waals surface area contributed by atoms with Gasteiger partial charge in [-0.1, -0.05) is 6.07 Å². The van der Waals surface area contributed by atoms with Crippen LogP contribution in [0.4, 0.5) is 13.2 Å². The molecule has 104 valence electrons. The van der Waals surface area contributed by atoms with Gasteiger partial charge in [0.1, 0.15) is 0 Å². The van der Waals surface area contributed by atoms with Gasteiger partial charge in [-0.2, -0.15) is 13.2 Å². The minimum absolute atomic E-state index is 0.0289. The van der Waals surface area contributed by atoms with E-state index in [2.05, 4.69) is 10.6 Å².